The quantitative estimate of drug-likeness (QED) is 0.769. The van der Waals surface area contributed by atoms with Gasteiger partial charge in [-0.1, -0.05) is 33.6 Å². The molecule has 1 atom stereocenters. The molecule has 1 unspecified atom stereocenters. The predicted octanol–water partition coefficient (Wildman–Crippen LogP) is 2.97. The topological polar surface area (TPSA) is 20.3 Å². The summed E-state index contributed by atoms with van der Waals surface area (Å²) in [5.74, 6) is -0.378. The summed E-state index contributed by atoms with van der Waals surface area (Å²) in [7, 11) is 0. The highest BCUT2D eigenvalue weighted by molar-refractivity contribution is 9.10. The first-order valence-electron chi connectivity index (χ1n) is 4.94. The molecule has 1 amide bonds. The Kier molecular flexibility index (Phi) is 3.50. The fourth-order valence-corrected chi connectivity index (χ4v) is 2.33. The zero-order valence-corrected chi connectivity index (χ0v) is 10.8. The van der Waals surface area contributed by atoms with E-state index in [1.807, 2.05) is 0 Å². The second-order valence-electron chi connectivity index (χ2n) is 3.76. The molecule has 1 aliphatic heterocycles. The van der Waals surface area contributed by atoms with Crippen LogP contribution in [0.3, 0.4) is 0 Å². The Labute approximate surface area is 107 Å². The second kappa shape index (κ2) is 4.72. The van der Waals surface area contributed by atoms with Crippen molar-refractivity contribution in [2.24, 2.45) is 0 Å². The Morgan fingerprint density at radius 3 is 2.88 bits per heavy atom. The van der Waals surface area contributed by atoms with Crippen molar-refractivity contribution in [1.29, 1.82) is 0 Å². The second-order valence-corrected chi connectivity index (χ2v) is 5.28. The van der Waals surface area contributed by atoms with Gasteiger partial charge in [-0.2, -0.15) is 0 Å². The zero-order valence-electron chi connectivity index (χ0n) is 8.42. The van der Waals surface area contributed by atoms with Gasteiger partial charge < -0.3 is 4.90 Å². The van der Waals surface area contributed by atoms with E-state index in [1.165, 1.54) is 12.1 Å². The van der Waals surface area contributed by atoms with E-state index in [4.69, 9.17) is 11.6 Å². The minimum Gasteiger partial charge on any atom is -0.337 e. The number of carbonyl (C=O) groups excluding carboxylic acids is 1. The first kappa shape index (κ1) is 11.9. The number of likely N-dealkylation sites (tertiary alicyclic amines) is 1. The molecule has 1 aromatic carbocycles. The van der Waals surface area contributed by atoms with Crippen molar-refractivity contribution in [3.8, 4) is 0 Å². The molecule has 0 spiro atoms. The lowest BCUT2D eigenvalue weighted by molar-refractivity contribution is -0.127. The fraction of sp³-hybridized carbons (Fsp3) is 0.364. The van der Waals surface area contributed by atoms with Gasteiger partial charge in [0.15, 0.2) is 0 Å². The number of halogens is 3. The first-order valence-corrected chi connectivity index (χ1v) is 6.24. The van der Waals surface area contributed by atoms with Gasteiger partial charge >= 0.3 is 0 Å². The summed E-state index contributed by atoms with van der Waals surface area (Å²) >= 11 is 8.88. The van der Waals surface area contributed by atoms with Gasteiger partial charge in [0.25, 0.3) is 0 Å². The van der Waals surface area contributed by atoms with Crippen molar-refractivity contribution < 1.29 is 9.18 Å². The molecule has 0 aliphatic carbocycles. The van der Waals surface area contributed by atoms with E-state index in [0.29, 0.717) is 13.1 Å². The molecule has 2 nitrogen and oxygen atoms in total. The summed E-state index contributed by atoms with van der Waals surface area (Å²) in [6.45, 7) is 1.15. The van der Waals surface area contributed by atoms with Crippen molar-refractivity contribution in [3.05, 3.63) is 34.6 Å². The van der Waals surface area contributed by atoms with Crippen molar-refractivity contribution >= 4 is 33.4 Å². The van der Waals surface area contributed by atoms with Gasteiger partial charge in [-0.3, -0.25) is 4.79 Å². The molecule has 1 saturated heterocycles. The number of nitrogens with zero attached hydrogens (tertiary/aromatic N) is 1. The lowest BCUT2D eigenvalue weighted by Gasteiger charge is -2.15. The van der Waals surface area contributed by atoms with Gasteiger partial charge in [-0.15, -0.1) is 0 Å². The molecule has 0 bridgehead atoms. The Balaban J connectivity index is 2.10. The zero-order chi connectivity index (χ0) is 11.7. The Hall–Kier alpha value is -0.610. The Bertz CT molecular complexity index is 426. The number of hydrogen-bond acceptors (Lipinski definition) is 1. The summed E-state index contributed by atoms with van der Waals surface area (Å²) in [6.07, 6.45) is 0.801. The smallest absolute Gasteiger partial charge is 0.236 e. The molecule has 2 rings (SSSR count). The minimum absolute atomic E-state index is 0.0651. The molecular weight excluding hydrogens is 296 g/mol. The van der Waals surface area contributed by atoms with Crippen LogP contribution in [0.4, 0.5) is 4.39 Å². The molecule has 0 N–H and O–H groups in total. The summed E-state index contributed by atoms with van der Waals surface area (Å²) in [5.41, 5.74) is 0.761. The number of carbonyl (C=O) groups is 1. The number of benzene rings is 1. The molecule has 86 valence electrons. The van der Waals surface area contributed by atoms with Crippen molar-refractivity contribution in [2.45, 2.75) is 17.8 Å². The summed E-state index contributed by atoms with van der Waals surface area (Å²) in [5, 5.41) is 0.106. The molecular formula is C11H10BrClFNO. The number of hydrogen-bond donors (Lipinski definition) is 0. The van der Waals surface area contributed by atoms with Crippen molar-refractivity contribution in [3.63, 3.8) is 0 Å². The Morgan fingerprint density at radius 2 is 2.31 bits per heavy atom. The highest BCUT2D eigenvalue weighted by Gasteiger charge is 2.29. The molecule has 5 heteroatoms. The van der Waals surface area contributed by atoms with E-state index in [0.717, 1.165) is 12.0 Å². The maximum Gasteiger partial charge on any atom is 0.236 e. The predicted molar refractivity (Wildman–Crippen MR) is 64.2 cm³/mol. The summed E-state index contributed by atoms with van der Waals surface area (Å²) in [4.78, 5) is 13.2. The van der Waals surface area contributed by atoms with E-state index in [9.17, 15) is 9.18 Å². The van der Waals surface area contributed by atoms with Gasteiger partial charge in [-0.05, 0) is 24.1 Å². The number of alkyl halides is 1. The van der Waals surface area contributed by atoms with Crippen LogP contribution >= 0.6 is 27.5 Å². The maximum atomic E-state index is 13.2. The monoisotopic (exact) mass is 305 g/mol. The SMILES string of the molecule is O=C1C(Br)CCN1Cc1ccc(Cl)c(F)c1. The van der Waals surface area contributed by atoms with Crippen LogP contribution in [0, 0.1) is 5.82 Å². The third-order valence-electron chi connectivity index (χ3n) is 2.59. The Morgan fingerprint density at radius 1 is 1.56 bits per heavy atom. The maximum absolute atomic E-state index is 13.2. The standard InChI is InChI=1S/C11H10BrClFNO/c12-8-3-4-15(11(8)16)6-7-1-2-9(13)10(14)5-7/h1-2,5,8H,3-4,6H2. The van der Waals surface area contributed by atoms with Gasteiger partial charge in [0.05, 0.1) is 9.85 Å². The van der Waals surface area contributed by atoms with E-state index in [-0.39, 0.29) is 15.8 Å². The van der Waals surface area contributed by atoms with Crippen LogP contribution in [0.15, 0.2) is 18.2 Å². The van der Waals surface area contributed by atoms with Crippen LogP contribution in [0.25, 0.3) is 0 Å². The van der Waals surface area contributed by atoms with Crippen LogP contribution in [-0.4, -0.2) is 22.2 Å². The molecule has 1 fully saturated rings. The third kappa shape index (κ3) is 2.38. The van der Waals surface area contributed by atoms with Crippen LogP contribution in [0.1, 0.15) is 12.0 Å². The molecule has 0 aromatic heterocycles. The van der Waals surface area contributed by atoms with Crippen molar-refractivity contribution in [2.75, 3.05) is 6.54 Å². The number of rotatable bonds is 2. The highest BCUT2D eigenvalue weighted by Crippen LogP contribution is 2.22. The van der Waals surface area contributed by atoms with Crippen LogP contribution in [-0.2, 0) is 11.3 Å². The minimum atomic E-state index is -0.443. The molecule has 1 aliphatic rings. The lowest BCUT2D eigenvalue weighted by Crippen LogP contribution is -2.26. The van der Waals surface area contributed by atoms with Crippen molar-refractivity contribution in [1.82, 2.24) is 4.90 Å². The summed E-state index contributed by atoms with van der Waals surface area (Å²) in [6, 6.07) is 4.62. The fourth-order valence-electron chi connectivity index (χ4n) is 1.72. The average molecular weight is 307 g/mol. The summed E-state index contributed by atoms with van der Waals surface area (Å²) < 4.78 is 13.2. The lowest BCUT2D eigenvalue weighted by atomic mass is 10.2. The highest BCUT2D eigenvalue weighted by atomic mass is 79.9. The van der Waals surface area contributed by atoms with Gasteiger partial charge in [0, 0.05) is 13.1 Å². The average Bonchev–Trinajstić information content (AvgIpc) is 2.55. The number of amides is 1. The molecule has 1 aromatic rings. The van der Waals surface area contributed by atoms with Gasteiger partial charge in [0.2, 0.25) is 5.91 Å². The van der Waals surface area contributed by atoms with Gasteiger partial charge in [-0.25, -0.2) is 4.39 Å². The third-order valence-corrected chi connectivity index (χ3v) is 3.75. The van der Waals surface area contributed by atoms with E-state index < -0.39 is 5.82 Å². The van der Waals surface area contributed by atoms with Crippen LogP contribution in [0.2, 0.25) is 5.02 Å². The van der Waals surface area contributed by atoms with Crippen LogP contribution in [0.5, 0.6) is 0 Å². The molecule has 0 radical (unpaired) electrons. The van der Waals surface area contributed by atoms with E-state index in [2.05, 4.69) is 15.9 Å². The van der Waals surface area contributed by atoms with Gasteiger partial charge in [0.1, 0.15) is 5.82 Å². The normalized spacial score (nSPS) is 20.6. The largest absolute Gasteiger partial charge is 0.337 e. The van der Waals surface area contributed by atoms with E-state index >= 15 is 0 Å². The first-order chi connectivity index (χ1) is 7.58. The van der Waals surface area contributed by atoms with Crippen LogP contribution < -0.4 is 0 Å². The molecule has 1 heterocycles. The van der Waals surface area contributed by atoms with E-state index in [1.54, 1.807) is 11.0 Å². The molecule has 0 saturated carbocycles. The molecule has 16 heavy (non-hydrogen) atoms.